The Hall–Kier alpha value is -0.990. The smallest absolute Gasteiger partial charge is 0.328 e. The number of nitrogens with zero attached hydrogens (tertiary/aromatic N) is 2. The number of carbonyl (C=O) groups is 2. The van der Waals surface area contributed by atoms with Crippen LogP contribution in [0.25, 0.3) is 0 Å². The van der Waals surface area contributed by atoms with Gasteiger partial charge < -0.3 is 10.1 Å². The van der Waals surface area contributed by atoms with Gasteiger partial charge in [-0.15, -0.1) is 0 Å². The summed E-state index contributed by atoms with van der Waals surface area (Å²) in [6.07, 6.45) is 4.77. The average Bonchev–Trinajstić information content (AvgIpc) is 2.56. The predicted molar refractivity (Wildman–Crippen MR) is 94.3 cm³/mol. The number of aromatic nitrogens is 2. The lowest BCUT2D eigenvalue weighted by atomic mass is 10.2. The molecule has 1 N–H and O–H groups in total. The molecule has 6 nitrogen and oxygen atoms in total. The van der Waals surface area contributed by atoms with E-state index in [4.69, 9.17) is 16.3 Å². The van der Waals surface area contributed by atoms with Crippen LogP contribution in [0, 0.1) is 0 Å². The second-order valence-electron chi connectivity index (χ2n) is 4.53. The highest BCUT2D eigenvalue weighted by Crippen LogP contribution is 2.19. The minimum Gasteiger partial charge on any atom is -0.467 e. The molecule has 1 aromatic heterocycles. The average molecular weight is 378 g/mol. The number of methoxy groups -OCH3 is 1. The van der Waals surface area contributed by atoms with Gasteiger partial charge in [0.2, 0.25) is 0 Å². The molecule has 1 atom stereocenters. The summed E-state index contributed by atoms with van der Waals surface area (Å²) in [5, 5.41) is 3.27. The first kappa shape index (κ1) is 20.1. The summed E-state index contributed by atoms with van der Waals surface area (Å²) in [4.78, 5) is 32.4. The van der Waals surface area contributed by atoms with Gasteiger partial charge >= 0.3 is 5.97 Å². The van der Waals surface area contributed by atoms with Gasteiger partial charge in [-0.3, -0.25) is 4.79 Å². The molecule has 1 heterocycles. The summed E-state index contributed by atoms with van der Waals surface area (Å²) >= 11 is 9.04. The highest BCUT2D eigenvalue weighted by atomic mass is 35.5. The molecular weight excluding hydrogens is 358 g/mol. The van der Waals surface area contributed by atoms with Crippen LogP contribution in [0.1, 0.15) is 30.3 Å². The van der Waals surface area contributed by atoms with Crippen molar-refractivity contribution in [3.8, 4) is 0 Å². The van der Waals surface area contributed by atoms with Crippen molar-refractivity contribution in [1.29, 1.82) is 0 Å². The lowest BCUT2D eigenvalue weighted by Gasteiger charge is -2.16. The van der Waals surface area contributed by atoms with Crippen molar-refractivity contribution in [2.75, 3.05) is 24.9 Å². The summed E-state index contributed by atoms with van der Waals surface area (Å²) in [6.45, 7) is 2.04. The molecule has 0 aliphatic rings. The molecule has 0 saturated heterocycles. The summed E-state index contributed by atoms with van der Waals surface area (Å²) in [5.74, 6) is 0.571. The standard InChI is InChI=1S/C14H20ClN3O3S2/c1-4-6-23-14-16-8-9(15)11(18-14)12(19)17-10(5-7-22-3)13(20)21-2/h8,10H,4-7H2,1-3H3,(H,17,19)/t10-/m1/s1. The summed E-state index contributed by atoms with van der Waals surface area (Å²) in [5.41, 5.74) is 0.0679. The van der Waals surface area contributed by atoms with Gasteiger partial charge in [0.1, 0.15) is 6.04 Å². The maximum atomic E-state index is 12.4. The lowest BCUT2D eigenvalue weighted by molar-refractivity contribution is -0.142. The number of rotatable bonds is 9. The normalized spacial score (nSPS) is 11.8. The first-order valence-electron chi connectivity index (χ1n) is 7.06. The molecule has 0 aliphatic carbocycles. The van der Waals surface area contributed by atoms with Crippen LogP contribution in [-0.4, -0.2) is 52.8 Å². The second kappa shape index (κ2) is 10.7. The van der Waals surface area contributed by atoms with Gasteiger partial charge in [-0.2, -0.15) is 11.8 Å². The fourth-order valence-electron chi connectivity index (χ4n) is 1.63. The highest BCUT2D eigenvalue weighted by molar-refractivity contribution is 7.99. The maximum Gasteiger partial charge on any atom is 0.328 e. The molecule has 0 fully saturated rings. The number of esters is 1. The monoisotopic (exact) mass is 377 g/mol. The number of amides is 1. The zero-order chi connectivity index (χ0) is 17.2. The Balaban J connectivity index is 2.87. The molecule has 0 radical (unpaired) electrons. The van der Waals surface area contributed by atoms with Gasteiger partial charge in [0.25, 0.3) is 5.91 Å². The zero-order valence-corrected chi connectivity index (χ0v) is 15.7. The lowest BCUT2D eigenvalue weighted by Crippen LogP contribution is -2.42. The van der Waals surface area contributed by atoms with Crippen molar-refractivity contribution in [3.05, 3.63) is 16.9 Å². The quantitative estimate of drug-likeness (QED) is 0.402. The molecule has 0 saturated carbocycles. The molecule has 1 aromatic rings. The van der Waals surface area contributed by atoms with Crippen LogP contribution in [0.4, 0.5) is 0 Å². The molecule has 0 unspecified atom stereocenters. The van der Waals surface area contributed by atoms with E-state index in [-0.39, 0.29) is 10.7 Å². The number of carbonyl (C=O) groups excluding carboxylic acids is 2. The van der Waals surface area contributed by atoms with Gasteiger partial charge in [-0.1, -0.05) is 30.3 Å². The van der Waals surface area contributed by atoms with Crippen LogP contribution in [-0.2, 0) is 9.53 Å². The number of halogens is 1. The van der Waals surface area contributed by atoms with Gasteiger partial charge in [-0.05, 0) is 24.9 Å². The molecule has 0 spiro atoms. The van der Waals surface area contributed by atoms with E-state index in [0.717, 1.165) is 17.9 Å². The minimum absolute atomic E-state index is 0.0679. The Morgan fingerprint density at radius 3 is 2.78 bits per heavy atom. The van der Waals surface area contributed by atoms with Crippen molar-refractivity contribution < 1.29 is 14.3 Å². The van der Waals surface area contributed by atoms with Crippen molar-refractivity contribution in [2.24, 2.45) is 0 Å². The van der Waals surface area contributed by atoms with E-state index in [9.17, 15) is 9.59 Å². The van der Waals surface area contributed by atoms with E-state index in [2.05, 4.69) is 15.3 Å². The Morgan fingerprint density at radius 2 is 2.17 bits per heavy atom. The van der Waals surface area contributed by atoms with Crippen molar-refractivity contribution >= 4 is 47.0 Å². The van der Waals surface area contributed by atoms with E-state index in [1.807, 2.05) is 13.2 Å². The second-order valence-corrected chi connectivity index (χ2v) is 6.98. The Bertz CT molecular complexity index is 546. The maximum absolute atomic E-state index is 12.4. The molecule has 1 amide bonds. The molecule has 0 aliphatic heterocycles. The van der Waals surface area contributed by atoms with Gasteiger partial charge in [-0.25, -0.2) is 14.8 Å². The topological polar surface area (TPSA) is 81.2 Å². The summed E-state index contributed by atoms with van der Waals surface area (Å²) in [6, 6.07) is -0.724. The van der Waals surface area contributed by atoms with Crippen molar-refractivity contribution in [2.45, 2.75) is 31.0 Å². The third kappa shape index (κ3) is 6.56. The third-order valence-corrected chi connectivity index (χ3v) is 4.76. The first-order valence-corrected chi connectivity index (χ1v) is 9.82. The van der Waals surface area contributed by atoms with Crippen molar-refractivity contribution in [3.63, 3.8) is 0 Å². The molecule has 0 aromatic carbocycles. The predicted octanol–water partition coefficient (Wildman–Crippen LogP) is 2.66. The van der Waals surface area contributed by atoms with E-state index < -0.39 is 17.9 Å². The molecule has 128 valence electrons. The summed E-state index contributed by atoms with van der Waals surface area (Å²) in [7, 11) is 1.29. The van der Waals surface area contributed by atoms with Crippen LogP contribution in [0.3, 0.4) is 0 Å². The van der Waals surface area contributed by atoms with Gasteiger partial charge in [0.05, 0.1) is 18.3 Å². The van der Waals surface area contributed by atoms with E-state index in [1.165, 1.54) is 25.1 Å². The zero-order valence-electron chi connectivity index (χ0n) is 13.3. The molecule has 9 heteroatoms. The molecule has 1 rings (SSSR count). The minimum atomic E-state index is -0.724. The molecule has 23 heavy (non-hydrogen) atoms. The molecular formula is C14H20ClN3O3S2. The number of hydrogen-bond donors (Lipinski definition) is 1. The Morgan fingerprint density at radius 1 is 1.43 bits per heavy atom. The highest BCUT2D eigenvalue weighted by Gasteiger charge is 2.24. The van der Waals surface area contributed by atoms with Crippen LogP contribution >= 0.6 is 35.1 Å². The van der Waals surface area contributed by atoms with E-state index in [0.29, 0.717) is 11.6 Å². The summed E-state index contributed by atoms with van der Waals surface area (Å²) < 4.78 is 4.72. The number of ether oxygens (including phenoxy) is 1. The van der Waals surface area contributed by atoms with E-state index >= 15 is 0 Å². The van der Waals surface area contributed by atoms with Crippen LogP contribution in [0.5, 0.6) is 0 Å². The fraction of sp³-hybridized carbons (Fsp3) is 0.571. The Labute approximate surface area is 149 Å². The molecule has 0 bridgehead atoms. The van der Waals surface area contributed by atoms with E-state index in [1.54, 1.807) is 11.8 Å². The first-order chi connectivity index (χ1) is 11.0. The third-order valence-electron chi connectivity index (χ3n) is 2.77. The number of thioether (sulfide) groups is 2. The van der Waals surface area contributed by atoms with Crippen LogP contribution in [0.2, 0.25) is 5.02 Å². The van der Waals surface area contributed by atoms with Gasteiger partial charge in [0.15, 0.2) is 10.9 Å². The Kier molecular flexibility index (Phi) is 9.35. The van der Waals surface area contributed by atoms with Crippen LogP contribution < -0.4 is 5.32 Å². The number of nitrogens with one attached hydrogen (secondary N) is 1. The number of hydrogen-bond acceptors (Lipinski definition) is 7. The fourth-order valence-corrected chi connectivity index (χ4v) is 2.94. The SMILES string of the molecule is CCCSc1ncc(Cl)c(C(=O)N[C@H](CCSC)C(=O)OC)n1. The van der Waals surface area contributed by atoms with Crippen molar-refractivity contribution in [1.82, 2.24) is 15.3 Å². The van der Waals surface area contributed by atoms with Gasteiger partial charge in [0, 0.05) is 5.75 Å². The van der Waals surface area contributed by atoms with Crippen LogP contribution in [0.15, 0.2) is 11.4 Å². The largest absolute Gasteiger partial charge is 0.467 e.